The minimum absolute atomic E-state index is 0.00302. The molecule has 180 valence electrons. The molecule has 0 spiro atoms. The number of halogens is 1. The molecule has 2 aromatic carbocycles. The van der Waals surface area contributed by atoms with Crippen LogP contribution >= 0.6 is 0 Å². The quantitative estimate of drug-likeness (QED) is 0.174. The zero-order chi connectivity index (χ0) is 25.2. The first-order valence-corrected chi connectivity index (χ1v) is 10.7. The van der Waals surface area contributed by atoms with Gasteiger partial charge in [-0.15, -0.1) is 0 Å². The molecule has 5 N–H and O–H groups in total. The number of aryl methyl sites for hydroxylation is 1. The minimum atomic E-state index is -0.518. The van der Waals surface area contributed by atoms with E-state index in [1.165, 1.54) is 12.1 Å². The van der Waals surface area contributed by atoms with Crippen LogP contribution in [0.1, 0.15) is 23.4 Å². The van der Waals surface area contributed by atoms with Crippen molar-refractivity contribution in [2.24, 2.45) is 16.5 Å². The van der Waals surface area contributed by atoms with Crippen molar-refractivity contribution in [2.75, 3.05) is 13.2 Å². The van der Waals surface area contributed by atoms with Gasteiger partial charge in [0.25, 0.3) is 0 Å². The van der Waals surface area contributed by atoms with Gasteiger partial charge >= 0.3 is 0 Å². The predicted octanol–water partition coefficient (Wildman–Crippen LogP) is 3.23. The lowest BCUT2D eigenvalue weighted by molar-refractivity contribution is 0.291. The highest BCUT2D eigenvalue weighted by Crippen LogP contribution is 2.28. The summed E-state index contributed by atoms with van der Waals surface area (Å²) >= 11 is 0. The molecule has 0 aliphatic carbocycles. The first-order chi connectivity index (χ1) is 16.9. The first-order valence-electron chi connectivity index (χ1n) is 10.7. The average molecular weight is 477 g/mol. The molecule has 35 heavy (non-hydrogen) atoms. The van der Waals surface area contributed by atoms with Gasteiger partial charge in [-0.25, -0.2) is 14.4 Å². The molecular formula is C25H25FN6O3. The molecule has 0 aliphatic rings. The normalized spacial score (nSPS) is 12.0. The molecular weight excluding hydrogens is 451 g/mol. The van der Waals surface area contributed by atoms with Crippen LogP contribution in [0.25, 0.3) is 5.70 Å². The highest BCUT2D eigenvalue weighted by Gasteiger charge is 2.11. The number of aliphatic hydroxyl groups excluding tert-OH is 1. The third-order valence-corrected chi connectivity index (χ3v) is 4.72. The van der Waals surface area contributed by atoms with Gasteiger partial charge < -0.3 is 26.0 Å². The number of nitrogens with zero attached hydrogens (tertiary/aromatic N) is 4. The molecule has 0 saturated carbocycles. The van der Waals surface area contributed by atoms with Crippen LogP contribution in [0.3, 0.4) is 0 Å². The Balaban J connectivity index is 1.71. The molecule has 0 amide bonds. The van der Waals surface area contributed by atoms with E-state index in [-0.39, 0.29) is 42.6 Å². The van der Waals surface area contributed by atoms with Crippen molar-refractivity contribution in [3.8, 4) is 23.3 Å². The van der Waals surface area contributed by atoms with Crippen LogP contribution < -0.4 is 20.9 Å². The van der Waals surface area contributed by atoms with Crippen LogP contribution in [0.5, 0.6) is 17.2 Å². The molecule has 9 nitrogen and oxygen atoms in total. The number of nitriles is 1. The highest BCUT2D eigenvalue weighted by molar-refractivity contribution is 6.06. The van der Waals surface area contributed by atoms with E-state index in [9.17, 15) is 9.65 Å². The summed E-state index contributed by atoms with van der Waals surface area (Å²) in [5, 5.41) is 18.3. The fraction of sp³-hybridized carbons (Fsp3) is 0.200. The summed E-state index contributed by atoms with van der Waals surface area (Å²) in [5.74, 6) is 1.10. The predicted molar refractivity (Wildman–Crippen MR) is 129 cm³/mol. The van der Waals surface area contributed by atoms with Gasteiger partial charge in [0.05, 0.1) is 5.70 Å². The van der Waals surface area contributed by atoms with Gasteiger partial charge in [-0.1, -0.05) is 0 Å². The number of hydrogen-bond donors (Lipinski definition) is 3. The van der Waals surface area contributed by atoms with Gasteiger partial charge in [0.1, 0.15) is 53.0 Å². The largest absolute Gasteiger partial charge is 0.489 e. The molecule has 0 radical (unpaired) electrons. The van der Waals surface area contributed by atoms with E-state index in [0.29, 0.717) is 29.3 Å². The van der Waals surface area contributed by atoms with Crippen LogP contribution in [0.2, 0.25) is 0 Å². The van der Waals surface area contributed by atoms with Crippen LogP contribution in [0.15, 0.2) is 65.4 Å². The third-order valence-electron chi connectivity index (χ3n) is 4.72. The number of ether oxygens (including phenoxy) is 2. The van der Waals surface area contributed by atoms with Crippen LogP contribution in [0.4, 0.5) is 4.39 Å². The summed E-state index contributed by atoms with van der Waals surface area (Å²) in [4.78, 5) is 12.3. The van der Waals surface area contributed by atoms with E-state index >= 15 is 0 Å². The summed E-state index contributed by atoms with van der Waals surface area (Å²) in [6, 6.07) is 12.6. The molecule has 3 aromatic rings. The van der Waals surface area contributed by atoms with E-state index < -0.39 is 5.82 Å². The fourth-order valence-electron chi connectivity index (χ4n) is 2.93. The van der Waals surface area contributed by atoms with Gasteiger partial charge in [0.2, 0.25) is 0 Å². The highest BCUT2D eigenvalue weighted by atomic mass is 19.1. The number of hydrogen-bond acceptors (Lipinski definition) is 8. The number of nitrogens with two attached hydrogens (primary N) is 2. The monoisotopic (exact) mass is 476 g/mol. The molecule has 10 heteroatoms. The summed E-state index contributed by atoms with van der Waals surface area (Å²) in [7, 11) is 0. The van der Waals surface area contributed by atoms with E-state index in [0.717, 1.165) is 5.56 Å². The molecule has 1 heterocycles. The summed E-state index contributed by atoms with van der Waals surface area (Å²) in [6.45, 7) is 2.22. The summed E-state index contributed by atoms with van der Waals surface area (Å²) in [6.07, 6.45) is 3.72. The Kier molecular flexibility index (Phi) is 8.70. The lowest BCUT2D eigenvalue weighted by Crippen LogP contribution is -2.18. The molecule has 1 aromatic heterocycles. The van der Waals surface area contributed by atoms with E-state index in [1.54, 1.807) is 49.6 Å². The summed E-state index contributed by atoms with van der Waals surface area (Å²) in [5.41, 5.74) is 13.5. The van der Waals surface area contributed by atoms with E-state index in [4.69, 9.17) is 26.0 Å². The number of aliphatic imine (C=N–C) groups is 1. The SMILES string of the molecule is Cc1ncc(COc2cc(F)cc(Oc3ccc(/C(N)=C(\C#N)C(N)=NCCCO)cc3)c2)cn1. The van der Waals surface area contributed by atoms with Crippen LogP contribution in [-0.4, -0.2) is 34.1 Å². The minimum Gasteiger partial charge on any atom is -0.489 e. The molecule has 0 fully saturated rings. The van der Waals surface area contributed by atoms with Gasteiger partial charge in [0, 0.05) is 49.3 Å². The number of aliphatic hydroxyl groups is 1. The Morgan fingerprint density at radius 3 is 2.43 bits per heavy atom. The Morgan fingerprint density at radius 1 is 1.09 bits per heavy atom. The molecule has 3 rings (SSSR count). The molecule has 0 unspecified atom stereocenters. The second-order valence-electron chi connectivity index (χ2n) is 7.42. The Labute approximate surface area is 202 Å². The number of benzene rings is 2. The Morgan fingerprint density at radius 2 is 1.77 bits per heavy atom. The van der Waals surface area contributed by atoms with Gasteiger partial charge in [-0.05, 0) is 43.2 Å². The first kappa shape index (κ1) is 25.1. The number of aromatic nitrogens is 2. The summed E-state index contributed by atoms with van der Waals surface area (Å²) < 4.78 is 25.5. The fourth-order valence-corrected chi connectivity index (χ4v) is 2.93. The second-order valence-corrected chi connectivity index (χ2v) is 7.42. The number of rotatable bonds is 10. The topological polar surface area (TPSA) is 153 Å². The molecule has 0 bridgehead atoms. The zero-order valence-electron chi connectivity index (χ0n) is 19.1. The van der Waals surface area contributed by atoms with Gasteiger partial charge in [0.15, 0.2) is 0 Å². The standard InChI is InChI=1S/C25H25FN6O3/c1-16-31-13-17(14-32-16)15-34-21-9-19(26)10-22(11-21)35-20-5-3-18(4-6-20)24(28)23(12-27)25(29)30-7-2-8-33/h3-6,9-11,13-14,33H,2,7-8,15,28H2,1H3,(H2,29,30)/b24-23-. The second kappa shape index (κ2) is 12.1. The van der Waals surface area contributed by atoms with Crippen molar-refractivity contribution in [3.05, 3.63) is 83.2 Å². The maximum absolute atomic E-state index is 14.1. The molecule has 0 aliphatic heterocycles. The third kappa shape index (κ3) is 7.25. The smallest absolute Gasteiger partial charge is 0.138 e. The molecule has 0 atom stereocenters. The van der Waals surface area contributed by atoms with Crippen molar-refractivity contribution in [1.82, 2.24) is 9.97 Å². The molecule has 0 saturated heterocycles. The van der Waals surface area contributed by atoms with Gasteiger partial charge in [-0.3, -0.25) is 4.99 Å². The van der Waals surface area contributed by atoms with Crippen LogP contribution in [-0.2, 0) is 6.61 Å². The van der Waals surface area contributed by atoms with E-state index in [2.05, 4.69) is 15.0 Å². The lowest BCUT2D eigenvalue weighted by Gasteiger charge is -2.11. The van der Waals surface area contributed by atoms with Gasteiger partial charge in [-0.2, -0.15) is 5.26 Å². The van der Waals surface area contributed by atoms with Crippen LogP contribution in [0, 0.1) is 24.1 Å². The average Bonchev–Trinajstić information content (AvgIpc) is 2.84. The zero-order valence-corrected chi connectivity index (χ0v) is 19.1. The van der Waals surface area contributed by atoms with Crippen molar-refractivity contribution in [1.29, 1.82) is 5.26 Å². The van der Waals surface area contributed by atoms with Crippen molar-refractivity contribution in [2.45, 2.75) is 20.0 Å². The Hall–Kier alpha value is -4.49. The van der Waals surface area contributed by atoms with Crippen molar-refractivity contribution in [3.63, 3.8) is 0 Å². The lowest BCUT2D eigenvalue weighted by atomic mass is 10.1. The Bertz CT molecular complexity index is 1250. The van der Waals surface area contributed by atoms with Crippen molar-refractivity contribution < 1.29 is 19.0 Å². The number of amidine groups is 1. The van der Waals surface area contributed by atoms with Crippen molar-refractivity contribution >= 4 is 11.5 Å². The van der Waals surface area contributed by atoms with E-state index in [1.807, 2.05) is 6.07 Å². The maximum Gasteiger partial charge on any atom is 0.138 e. The maximum atomic E-state index is 14.1.